The highest BCUT2D eigenvalue weighted by Crippen LogP contribution is 2.12. The minimum absolute atomic E-state index is 0.423. The molecule has 1 unspecified atom stereocenters. The molecule has 0 bridgehead atoms. The zero-order chi connectivity index (χ0) is 12.3. The van der Waals surface area contributed by atoms with Gasteiger partial charge >= 0.3 is 0 Å². The van der Waals surface area contributed by atoms with Crippen LogP contribution in [0.25, 0.3) is 0 Å². The molecular formula is C14H27NO2. The van der Waals surface area contributed by atoms with E-state index in [0.717, 1.165) is 18.7 Å². The maximum absolute atomic E-state index is 9.11. The zero-order valence-electron chi connectivity index (χ0n) is 11.2. The first-order valence-corrected chi connectivity index (χ1v) is 7.21. The molecule has 0 aromatic carbocycles. The fourth-order valence-electron chi connectivity index (χ4n) is 2.14. The molecule has 3 nitrogen and oxygen atoms in total. The Morgan fingerprint density at radius 2 is 1.65 bits per heavy atom. The first-order valence-electron chi connectivity index (χ1n) is 7.21. The topological polar surface area (TPSA) is 41.8 Å². The number of aliphatic hydroxyl groups excluding tert-OH is 1. The van der Waals surface area contributed by atoms with Crippen LogP contribution >= 0.6 is 0 Å². The van der Waals surface area contributed by atoms with Gasteiger partial charge in [-0.15, -0.1) is 0 Å². The van der Waals surface area contributed by atoms with E-state index in [1.807, 2.05) is 0 Å². The summed E-state index contributed by atoms with van der Waals surface area (Å²) in [6.45, 7) is 2.68. The lowest BCUT2D eigenvalue weighted by atomic mass is 10.1. The van der Waals surface area contributed by atoms with Crippen LogP contribution in [0.5, 0.6) is 0 Å². The van der Waals surface area contributed by atoms with Crippen LogP contribution in [0.4, 0.5) is 0 Å². The Morgan fingerprint density at radius 3 is 2.18 bits per heavy atom. The van der Waals surface area contributed by atoms with E-state index in [0.29, 0.717) is 6.54 Å². The monoisotopic (exact) mass is 241 g/mol. The fraction of sp³-hybridized carbons (Fsp3) is 0.929. The molecule has 1 rings (SSSR count). The predicted molar refractivity (Wildman–Crippen MR) is 71.2 cm³/mol. The number of rotatable bonds is 10. The quantitative estimate of drug-likeness (QED) is 0.593. The van der Waals surface area contributed by atoms with E-state index < -0.39 is 6.29 Å². The minimum atomic E-state index is -0.677. The van der Waals surface area contributed by atoms with E-state index in [2.05, 4.69) is 11.9 Å². The predicted octanol–water partition coefficient (Wildman–Crippen LogP) is 3.65. The van der Waals surface area contributed by atoms with Crippen molar-refractivity contribution in [2.45, 2.75) is 77.4 Å². The number of nitrogens with zero attached hydrogens (tertiary/aromatic N) is 1. The smallest absolute Gasteiger partial charge is 0.218 e. The lowest BCUT2D eigenvalue weighted by molar-refractivity contribution is -0.00435. The standard InChI is InChI=1S/C14H27NO2/c1-2-3-4-5-6-7-8-9-10-11-13-15-12-14(16)17-13/h14,16H,2-12H2,1H3. The molecule has 17 heavy (non-hydrogen) atoms. The molecule has 3 heteroatoms. The van der Waals surface area contributed by atoms with Crippen LogP contribution < -0.4 is 0 Å². The Morgan fingerprint density at radius 1 is 1.06 bits per heavy atom. The number of hydrogen-bond donors (Lipinski definition) is 1. The summed E-state index contributed by atoms with van der Waals surface area (Å²) in [6.07, 6.45) is 12.2. The molecule has 0 spiro atoms. The third kappa shape index (κ3) is 7.37. The molecule has 0 aliphatic carbocycles. The van der Waals surface area contributed by atoms with Crippen LogP contribution in [0, 0.1) is 0 Å². The number of unbranched alkanes of at least 4 members (excludes halogenated alkanes) is 8. The third-order valence-electron chi connectivity index (χ3n) is 3.19. The molecule has 1 aliphatic heterocycles. The third-order valence-corrected chi connectivity index (χ3v) is 3.19. The number of aliphatic hydroxyl groups is 1. The average molecular weight is 241 g/mol. The molecule has 0 radical (unpaired) electrons. The molecule has 100 valence electrons. The normalized spacial score (nSPS) is 19.2. The summed E-state index contributed by atoms with van der Waals surface area (Å²) >= 11 is 0. The first-order chi connectivity index (χ1) is 8.33. The number of ether oxygens (including phenoxy) is 1. The summed E-state index contributed by atoms with van der Waals surface area (Å²) < 4.78 is 5.14. The highest BCUT2D eigenvalue weighted by Gasteiger charge is 2.15. The second-order valence-corrected chi connectivity index (χ2v) is 4.89. The molecule has 0 saturated carbocycles. The van der Waals surface area contributed by atoms with Crippen molar-refractivity contribution in [2.75, 3.05) is 6.54 Å². The maximum atomic E-state index is 9.11. The summed E-state index contributed by atoms with van der Waals surface area (Å²) in [5.74, 6) is 0.750. The Kier molecular flexibility index (Phi) is 8.06. The van der Waals surface area contributed by atoms with Gasteiger partial charge in [-0.1, -0.05) is 58.3 Å². The van der Waals surface area contributed by atoms with Crippen molar-refractivity contribution in [3.63, 3.8) is 0 Å². The van der Waals surface area contributed by atoms with Crippen molar-refractivity contribution in [1.29, 1.82) is 0 Å². The van der Waals surface area contributed by atoms with Gasteiger partial charge in [0.25, 0.3) is 0 Å². The van der Waals surface area contributed by atoms with Gasteiger partial charge in [-0.2, -0.15) is 0 Å². The van der Waals surface area contributed by atoms with Crippen molar-refractivity contribution in [3.8, 4) is 0 Å². The first kappa shape index (κ1) is 14.5. The Hall–Kier alpha value is -0.570. The molecule has 1 atom stereocenters. The van der Waals surface area contributed by atoms with Gasteiger partial charge in [0.1, 0.15) is 6.54 Å². The number of hydrogen-bond acceptors (Lipinski definition) is 3. The van der Waals surface area contributed by atoms with E-state index >= 15 is 0 Å². The highest BCUT2D eigenvalue weighted by atomic mass is 16.6. The van der Waals surface area contributed by atoms with E-state index in [9.17, 15) is 0 Å². The Balaban J connectivity index is 1.79. The summed E-state index contributed by atoms with van der Waals surface area (Å²) in [5.41, 5.74) is 0. The molecule has 0 amide bonds. The van der Waals surface area contributed by atoms with Gasteiger partial charge in [0, 0.05) is 6.42 Å². The minimum Gasteiger partial charge on any atom is -0.450 e. The van der Waals surface area contributed by atoms with Gasteiger partial charge in [-0.05, 0) is 6.42 Å². The van der Waals surface area contributed by atoms with Crippen LogP contribution in [0.1, 0.15) is 71.1 Å². The second kappa shape index (κ2) is 9.46. The molecule has 0 aromatic heterocycles. The van der Waals surface area contributed by atoms with Crippen LogP contribution in [0.15, 0.2) is 4.99 Å². The van der Waals surface area contributed by atoms with E-state index in [4.69, 9.17) is 9.84 Å². The van der Waals surface area contributed by atoms with Crippen LogP contribution in [-0.2, 0) is 4.74 Å². The molecule has 1 N–H and O–H groups in total. The van der Waals surface area contributed by atoms with Gasteiger partial charge in [0.2, 0.25) is 6.29 Å². The van der Waals surface area contributed by atoms with Gasteiger partial charge in [0.15, 0.2) is 5.90 Å². The summed E-state index contributed by atoms with van der Waals surface area (Å²) in [5, 5.41) is 9.11. The van der Waals surface area contributed by atoms with E-state index in [-0.39, 0.29) is 0 Å². The van der Waals surface area contributed by atoms with E-state index in [1.165, 1.54) is 51.4 Å². The van der Waals surface area contributed by atoms with Crippen molar-refractivity contribution in [2.24, 2.45) is 4.99 Å². The van der Waals surface area contributed by atoms with Crippen molar-refractivity contribution in [1.82, 2.24) is 0 Å². The number of aliphatic imine (C=N–C) groups is 1. The lowest BCUT2D eigenvalue weighted by Crippen LogP contribution is -2.10. The van der Waals surface area contributed by atoms with Crippen molar-refractivity contribution < 1.29 is 9.84 Å². The maximum Gasteiger partial charge on any atom is 0.218 e. The Bertz CT molecular complexity index is 216. The van der Waals surface area contributed by atoms with Gasteiger partial charge in [-0.3, -0.25) is 0 Å². The highest BCUT2D eigenvalue weighted by molar-refractivity contribution is 5.77. The zero-order valence-corrected chi connectivity index (χ0v) is 11.2. The second-order valence-electron chi connectivity index (χ2n) is 4.89. The molecular weight excluding hydrogens is 214 g/mol. The van der Waals surface area contributed by atoms with Crippen molar-refractivity contribution >= 4 is 5.90 Å². The van der Waals surface area contributed by atoms with Crippen LogP contribution in [-0.4, -0.2) is 23.8 Å². The van der Waals surface area contributed by atoms with Crippen LogP contribution in [0.2, 0.25) is 0 Å². The average Bonchev–Trinajstić information content (AvgIpc) is 2.73. The molecule has 1 heterocycles. The SMILES string of the molecule is CCCCCCCCCCCC1=NCC(O)O1. The molecule has 0 aromatic rings. The van der Waals surface area contributed by atoms with Gasteiger partial charge in [0.05, 0.1) is 0 Å². The van der Waals surface area contributed by atoms with Crippen molar-refractivity contribution in [3.05, 3.63) is 0 Å². The summed E-state index contributed by atoms with van der Waals surface area (Å²) in [6, 6.07) is 0. The molecule has 1 aliphatic rings. The molecule has 0 saturated heterocycles. The van der Waals surface area contributed by atoms with Gasteiger partial charge < -0.3 is 9.84 Å². The largest absolute Gasteiger partial charge is 0.450 e. The Labute approximate surface area is 105 Å². The molecule has 0 fully saturated rings. The van der Waals surface area contributed by atoms with E-state index in [1.54, 1.807) is 0 Å². The lowest BCUT2D eigenvalue weighted by Gasteiger charge is -2.04. The van der Waals surface area contributed by atoms with Gasteiger partial charge in [-0.25, -0.2) is 4.99 Å². The summed E-state index contributed by atoms with van der Waals surface area (Å²) in [4.78, 5) is 4.13. The fourth-order valence-corrected chi connectivity index (χ4v) is 2.14. The summed E-state index contributed by atoms with van der Waals surface area (Å²) in [7, 11) is 0. The van der Waals surface area contributed by atoms with Crippen LogP contribution in [0.3, 0.4) is 0 Å².